The lowest BCUT2D eigenvalue weighted by molar-refractivity contribution is 0.215. The summed E-state index contributed by atoms with van der Waals surface area (Å²) in [6, 6.07) is 0. The van der Waals surface area contributed by atoms with Gasteiger partial charge in [-0.05, 0) is 0 Å². The van der Waals surface area contributed by atoms with Gasteiger partial charge in [-0.3, -0.25) is 0 Å². The van der Waals surface area contributed by atoms with Gasteiger partial charge in [0.25, 0.3) is 0 Å². The van der Waals surface area contributed by atoms with E-state index in [-0.39, 0.29) is 0 Å². The van der Waals surface area contributed by atoms with Gasteiger partial charge in [-0.25, -0.2) is 0 Å². The average molecular weight is 100.0 g/mol. The Bertz CT molecular complexity index is 27.3. The minimum absolute atomic E-state index is 0.924. The normalized spacial score (nSPS) is 8.86. The molecule has 0 unspecified atom stereocenters. The summed E-state index contributed by atoms with van der Waals surface area (Å²) >= 11 is 0. The SMILES string of the molecule is CCBCCOC. The van der Waals surface area contributed by atoms with Gasteiger partial charge < -0.3 is 4.74 Å². The summed E-state index contributed by atoms with van der Waals surface area (Å²) in [6.45, 7) is 3.11. The molecule has 0 aliphatic heterocycles. The summed E-state index contributed by atoms with van der Waals surface area (Å²) in [5.41, 5.74) is 0. The summed E-state index contributed by atoms with van der Waals surface area (Å²) in [6.07, 6.45) is 2.50. The fourth-order valence-electron chi connectivity index (χ4n) is 0.496. The Labute approximate surface area is 46.3 Å². The zero-order valence-corrected chi connectivity index (χ0v) is 5.24. The van der Waals surface area contributed by atoms with Crippen LogP contribution in [0.5, 0.6) is 0 Å². The highest BCUT2D eigenvalue weighted by molar-refractivity contribution is 6.35. The van der Waals surface area contributed by atoms with E-state index in [1.807, 2.05) is 0 Å². The highest BCUT2D eigenvalue weighted by Crippen LogP contribution is 1.82. The first-order valence-electron chi connectivity index (χ1n) is 2.90. The van der Waals surface area contributed by atoms with Crippen LogP contribution in [0.2, 0.25) is 12.6 Å². The molecule has 0 saturated heterocycles. The summed E-state index contributed by atoms with van der Waals surface area (Å²) in [7, 11) is 3.05. The van der Waals surface area contributed by atoms with E-state index in [2.05, 4.69) is 6.92 Å². The van der Waals surface area contributed by atoms with E-state index >= 15 is 0 Å². The van der Waals surface area contributed by atoms with Gasteiger partial charge >= 0.3 is 0 Å². The Balaban J connectivity index is 2.45. The van der Waals surface area contributed by atoms with Gasteiger partial charge in [0, 0.05) is 13.7 Å². The smallest absolute Gasteiger partial charge is 0.123 e. The van der Waals surface area contributed by atoms with Gasteiger partial charge in [0.05, 0.1) is 0 Å². The summed E-state index contributed by atoms with van der Waals surface area (Å²) < 4.78 is 4.84. The molecule has 0 atom stereocenters. The Morgan fingerprint density at radius 1 is 1.57 bits per heavy atom. The number of ether oxygens (including phenoxy) is 1. The molecule has 42 valence electrons. The van der Waals surface area contributed by atoms with Crippen LogP contribution in [-0.4, -0.2) is 21.0 Å². The third-order valence-corrected chi connectivity index (χ3v) is 0.952. The van der Waals surface area contributed by atoms with Crippen molar-refractivity contribution in [2.45, 2.75) is 19.6 Å². The molecular weight excluding hydrogens is 86.9 g/mol. The van der Waals surface area contributed by atoms with Crippen molar-refractivity contribution in [3.8, 4) is 0 Å². The molecule has 0 aromatic carbocycles. The number of rotatable bonds is 4. The van der Waals surface area contributed by atoms with Crippen LogP contribution in [0.4, 0.5) is 0 Å². The Kier molecular flexibility index (Phi) is 6.05. The molecule has 0 N–H and O–H groups in total. The van der Waals surface area contributed by atoms with Gasteiger partial charge in [0.1, 0.15) is 7.28 Å². The van der Waals surface area contributed by atoms with Gasteiger partial charge in [-0.15, -0.1) is 0 Å². The van der Waals surface area contributed by atoms with Crippen molar-refractivity contribution in [1.82, 2.24) is 0 Å². The summed E-state index contributed by atoms with van der Waals surface area (Å²) in [5, 5.41) is 0. The first-order valence-corrected chi connectivity index (χ1v) is 2.90. The van der Waals surface area contributed by atoms with Crippen molar-refractivity contribution in [3.63, 3.8) is 0 Å². The lowest BCUT2D eigenvalue weighted by atomic mass is 9.72. The maximum Gasteiger partial charge on any atom is 0.123 e. The van der Waals surface area contributed by atoms with Gasteiger partial charge in [-0.1, -0.05) is 19.6 Å². The largest absolute Gasteiger partial charge is 0.385 e. The second-order valence-electron chi connectivity index (χ2n) is 1.70. The van der Waals surface area contributed by atoms with Crippen molar-refractivity contribution in [3.05, 3.63) is 0 Å². The molecule has 0 aromatic rings. The summed E-state index contributed by atoms with van der Waals surface area (Å²) in [4.78, 5) is 0. The average Bonchev–Trinajstić information content (AvgIpc) is 1.69. The molecule has 0 amide bonds. The number of hydrogen-bond donors (Lipinski definition) is 0. The molecule has 0 fully saturated rings. The Morgan fingerprint density at radius 3 is 2.71 bits per heavy atom. The fraction of sp³-hybridized carbons (Fsp3) is 1.00. The Morgan fingerprint density at radius 2 is 2.29 bits per heavy atom. The molecule has 0 aromatic heterocycles. The van der Waals surface area contributed by atoms with E-state index in [1.54, 1.807) is 7.11 Å². The van der Waals surface area contributed by atoms with Crippen LogP contribution in [-0.2, 0) is 4.74 Å². The maximum absolute atomic E-state index is 4.84. The van der Waals surface area contributed by atoms with E-state index in [9.17, 15) is 0 Å². The first-order chi connectivity index (χ1) is 3.41. The van der Waals surface area contributed by atoms with Crippen molar-refractivity contribution in [2.24, 2.45) is 0 Å². The van der Waals surface area contributed by atoms with Crippen molar-refractivity contribution in [1.29, 1.82) is 0 Å². The molecule has 0 radical (unpaired) electrons. The van der Waals surface area contributed by atoms with Gasteiger partial charge in [0.2, 0.25) is 0 Å². The lowest BCUT2D eigenvalue weighted by Crippen LogP contribution is -1.92. The number of methoxy groups -OCH3 is 1. The van der Waals surface area contributed by atoms with Crippen LogP contribution in [0.1, 0.15) is 6.92 Å². The van der Waals surface area contributed by atoms with E-state index in [4.69, 9.17) is 4.74 Å². The van der Waals surface area contributed by atoms with Crippen molar-refractivity contribution >= 4 is 7.28 Å². The van der Waals surface area contributed by atoms with E-state index in [0.29, 0.717) is 0 Å². The molecule has 0 heterocycles. The highest BCUT2D eigenvalue weighted by Gasteiger charge is 1.83. The predicted molar refractivity (Wildman–Crippen MR) is 34.3 cm³/mol. The van der Waals surface area contributed by atoms with Gasteiger partial charge in [-0.2, -0.15) is 0 Å². The molecule has 2 heteroatoms. The zero-order valence-electron chi connectivity index (χ0n) is 5.24. The van der Waals surface area contributed by atoms with Crippen LogP contribution in [0.3, 0.4) is 0 Å². The molecule has 0 spiro atoms. The summed E-state index contributed by atoms with van der Waals surface area (Å²) in [5.74, 6) is 0. The molecule has 0 bridgehead atoms. The molecule has 0 aliphatic rings. The van der Waals surface area contributed by atoms with Crippen LogP contribution in [0, 0.1) is 0 Å². The third-order valence-electron chi connectivity index (χ3n) is 0.952. The van der Waals surface area contributed by atoms with E-state index in [0.717, 1.165) is 6.61 Å². The molecule has 1 nitrogen and oxygen atoms in total. The second kappa shape index (κ2) is 6.02. The minimum atomic E-state index is 0.924. The number of hydrogen-bond acceptors (Lipinski definition) is 1. The fourth-order valence-corrected chi connectivity index (χ4v) is 0.496. The monoisotopic (exact) mass is 100 g/mol. The molecule has 0 saturated carbocycles. The van der Waals surface area contributed by atoms with E-state index < -0.39 is 0 Å². The van der Waals surface area contributed by atoms with Crippen LogP contribution >= 0.6 is 0 Å². The predicted octanol–water partition coefficient (Wildman–Crippen LogP) is 0.926. The molecule has 0 rings (SSSR count). The quantitative estimate of drug-likeness (QED) is 0.377. The minimum Gasteiger partial charge on any atom is -0.385 e. The zero-order chi connectivity index (χ0) is 5.54. The van der Waals surface area contributed by atoms with E-state index in [1.165, 1.54) is 19.9 Å². The van der Waals surface area contributed by atoms with Crippen LogP contribution < -0.4 is 0 Å². The van der Waals surface area contributed by atoms with Crippen molar-refractivity contribution in [2.75, 3.05) is 13.7 Å². The second-order valence-corrected chi connectivity index (χ2v) is 1.70. The van der Waals surface area contributed by atoms with Crippen LogP contribution in [0.15, 0.2) is 0 Å². The Hall–Kier alpha value is 0.0249. The standard InChI is InChI=1S/C5H13BO/c1-3-6-4-5-7-2/h6H,3-5H2,1-2H3. The van der Waals surface area contributed by atoms with Crippen LogP contribution in [0.25, 0.3) is 0 Å². The topological polar surface area (TPSA) is 9.23 Å². The molecule has 0 aliphatic carbocycles. The third kappa shape index (κ3) is 6.02. The molecule has 7 heavy (non-hydrogen) atoms. The lowest BCUT2D eigenvalue weighted by Gasteiger charge is -1.91. The first kappa shape index (κ1) is 7.02. The maximum atomic E-state index is 4.84. The van der Waals surface area contributed by atoms with Gasteiger partial charge in [0.15, 0.2) is 0 Å². The van der Waals surface area contributed by atoms with Crippen molar-refractivity contribution < 1.29 is 4.74 Å². The molecular formula is C5H13BO. The highest BCUT2D eigenvalue weighted by atomic mass is 16.5.